The second kappa shape index (κ2) is 12.1. The van der Waals surface area contributed by atoms with E-state index in [0.717, 1.165) is 4.57 Å². The number of Topliss-reactive ketones (excluding diaryl/α,β-unsaturated/α-hetero) is 2. The first-order valence-electron chi connectivity index (χ1n) is 14.9. The average Bonchev–Trinajstić information content (AvgIpc) is 3.60. The number of amides is 1. The Morgan fingerprint density at radius 2 is 1.62 bits per heavy atom. The zero-order chi connectivity index (χ0) is 34.7. The summed E-state index contributed by atoms with van der Waals surface area (Å²) in [5, 5.41) is 2.75. The van der Waals surface area contributed by atoms with Crippen LogP contribution in [0.1, 0.15) is 44.7 Å². The molecule has 14 heteroatoms. The van der Waals surface area contributed by atoms with Crippen molar-refractivity contribution in [1.29, 1.82) is 0 Å². The molecular formula is C34H32ClN3O10. The summed E-state index contributed by atoms with van der Waals surface area (Å²) < 4.78 is 30.9. The van der Waals surface area contributed by atoms with Crippen molar-refractivity contribution in [2.24, 2.45) is 20.0 Å². The summed E-state index contributed by atoms with van der Waals surface area (Å²) in [6.07, 6.45) is -0.216. The molecule has 0 unspecified atom stereocenters. The molecule has 2 aromatic heterocycles. The number of hydrogen-bond acceptors (Lipinski definition) is 10. The molecular weight excluding hydrogens is 646 g/mol. The summed E-state index contributed by atoms with van der Waals surface area (Å²) >= 11 is 6.59. The molecule has 13 nitrogen and oxygen atoms in total. The second-order valence-electron chi connectivity index (χ2n) is 11.7. The molecule has 1 amide bonds. The summed E-state index contributed by atoms with van der Waals surface area (Å²) in [6.45, 7) is 1.57. The maximum atomic E-state index is 14.7. The van der Waals surface area contributed by atoms with Crippen molar-refractivity contribution in [2.75, 3.05) is 21.3 Å². The van der Waals surface area contributed by atoms with Crippen molar-refractivity contribution in [2.45, 2.75) is 31.9 Å². The molecule has 0 radical (unpaired) electrons. The predicted octanol–water partition coefficient (Wildman–Crippen LogP) is 3.27. The first kappa shape index (κ1) is 32.6. The van der Waals surface area contributed by atoms with E-state index < -0.39 is 40.2 Å². The van der Waals surface area contributed by atoms with E-state index in [0.29, 0.717) is 17.1 Å². The quantitative estimate of drug-likeness (QED) is 0.275. The Bertz CT molecular complexity index is 2130. The summed E-state index contributed by atoms with van der Waals surface area (Å²) in [4.78, 5) is 67.2. The van der Waals surface area contributed by atoms with Gasteiger partial charge in [0.05, 0.1) is 39.9 Å². The largest absolute Gasteiger partial charge is 0.497 e. The molecule has 3 heterocycles. The lowest BCUT2D eigenvalue weighted by atomic mass is 9.70. The minimum absolute atomic E-state index is 0.0141. The minimum atomic E-state index is -2.02. The van der Waals surface area contributed by atoms with Crippen molar-refractivity contribution in [3.63, 3.8) is 0 Å². The topological polar surface area (TPSA) is 157 Å². The van der Waals surface area contributed by atoms with Gasteiger partial charge in [-0.3, -0.25) is 28.3 Å². The highest BCUT2D eigenvalue weighted by atomic mass is 35.5. The molecule has 250 valence electrons. The van der Waals surface area contributed by atoms with Gasteiger partial charge >= 0.3 is 5.69 Å². The monoisotopic (exact) mass is 677 g/mol. The summed E-state index contributed by atoms with van der Waals surface area (Å²) in [6, 6.07) is 9.60. The Balaban J connectivity index is 1.43. The van der Waals surface area contributed by atoms with Gasteiger partial charge in [-0.15, -0.1) is 0 Å². The van der Waals surface area contributed by atoms with Crippen LogP contribution in [0.3, 0.4) is 0 Å². The van der Waals surface area contributed by atoms with E-state index in [-0.39, 0.29) is 69.8 Å². The van der Waals surface area contributed by atoms with E-state index in [1.807, 2.05) is 0 Å². The van der Waals surface area contributed by atoms with Gasteiger partial charge in [0, 0.05) is 55.4 Å². The van der Waals surface area contributed by atoms with Crippen LogP contribution in [0.4, 0.5) is 0 Å². The number of carbonyl (C=O) groups is 3. The zero-order valence-electron chi connectivity index (χ0n) is 27.0. The van der Waals surface area contributed by atoms with E-state index in [1.54, 1.807) is 31.2 Å². The van der Waals surface area contributed by atoms with Gasteiger partial charge in [-0.2, -0.15) is 0 Å². The molecule has 48 heavy (non-hydrogen) atoms. The Labute approximate surface area is 278 Å². The van der Waals surface area contributed by atoms with E-state index in [9.17, 15) is 24.0 Å². The van der Waals surface area contributed by atoms with Gasteiger partial charge in [-0.05, 0) is 24.3 Å². The van der Waals surface area contributed by atoms with Crippen LogP contribution in [0, 0.1) is 5.92 Å². The number of methoxy groups -OCH3 is 3. The molecule has 0 saturated heterocycles. The number of nitrogens with zero attached hydrogens (tertiary/aromatic N) is 2. The van der Waals surface area contributed by atoms with Gasteiger partial charge in [-0.25, -0.2) is 4.79 Å². The van der Waals surface area contributed by atoms with Crippen molar-refractivity contribution >= 4 is 29.1 Å². The van der Waals surface area contributed by atoms with Gasteiger partial charge in [0.2, 0.25) is 23.1 Å². The summed E-state index contributed by atoms with van der Waals surface area (Å²) in [5.74, 6) is -1.10. The molecule has 2 aliphatic rings. The molecule has 0 saturated carbocycles. The van der Waals surface area contributed by atoms with Crippen molar-refractivity contribution in [3.05, 3.63) is 90.4 Å². The number of rotatable bonds is 8. The van der Waals surface area contributed by atoms with E-state index in [4.69, 9.17) is 35.0 Å². The van der Waals surface area contributed by atoms with Crippen LogP contribution in [-0.2, 0) is 38.3 Å². The van der Waals surface area contributed by atoms with Crippen LogP contribution in [0.25, 0.3) is 11.3 Å². The first-order valence-corrected chi connectivity index (χ1v) is 15.3. The van der Waals surface area contributed by atoms with Crippen LogP contribution in [-0.4, -0.2) is 53.5 Å². The van der Waals surface area contributed by atoms with Crippen LogP contribution in [0.5, 0.6) is 23.0 Å². The lowest BCUT2D eigenvalue weighted by molar-refractivity contribution is -0.120. The highest BCUT2D eigenvalue weighted by molar-refractivity contribution is 6.36. The molecule has 0 fully saturated rings. The van der Waals surface area contributed by atoms with Crippen molar-refractivity contribution < 1.29 is 37.7 Å². The first-order chi connectivity index (χ1) is 22.9. The average molecular weight is 678 g/mol. The van der Waals surface area contributed by atoms with Gasteiger partial charge in [0.25, 0.3) is 5.56 Å². The molecule has 0 bridgehead atoms. The highest BCUT2D eigenvalue weighted by Crippen LogP contribution is 2.54. The van der Waals surface area contributed by atoms with Crippen molar-refractivity contribution in [1.82, 2.24) is 14.5 Å². The van der Waals surface area contributed by atoms with Gasteiger partial charge < -0.3 is 28.7 Å². The lowest BCUT2D eigenvalue weighted by Crippen LogP contribution is -2.56. The molecule has 1 N–H and O–H groups in total. The normalized spacial score (nSPS) is 17.9. The number of nitrogens with one attached hydrogen (secondary N) is 1. The summed E-state index contributed by atoms with van der Waals surface area (Å²) in [7, 11) is 7.16. The third-order valence-corrected chi connectivity index (χ3v) is 9.39. The molecule has 2 aromatic carbocycles. The third-order valence-electron chi connectivity index (χ3n) is 9.03. The molecule has 6 rings (SSSR count). The third kappa shape index (κ3) is 4.88. The molecule has 2 atom stereocenters. The zero-order valence-corrected chi connectivity index (χ0v) is 27.8. The molecule has 1 spiro atoms. The van der Waals surface area contributed by atoms with Crippen molar-refractivity contribution in [3.8, 4) is 34.3 Å². The van der Waals surface area contributed by atoms with Gasteiger partial charge in [0.1, 0.15) is 39.4 Å². The maximum absolute atomic E-state index is 14.7. The Hall–Kier alpha value is -5.30. The smallest absolute Gasteiger partial charge is 0.330 e. The fraction of sp³-hybridized carbons (Fsp3) is 0.324. The maximum Gasteiger partial charge on any atom is 0.330 e. The number of benzene rings is 2. The van der Waals surface area contributed by atoms with Crippen LogP contribution in [0.15, 0.2) is 50.4 Å². The number of carbonyl (C=O) groups excluding carboxylic acids is 3. The second-order valence-corrected chi connectivity index (χ2v) is 12.0. The number of ether oxygens (including phenoxy) is 4. The number of furan rings is 1. The van der Waals surface area contributed by atoms with E-state index >= 15 is 0 Å². The SMILES string of the molecule is COc1ccc(-c2oc3c(c2CC(=O)NCc2cc(=O)n(C)c(=O)n2C)C(=O)[C@@]2(Oc4c(Cl)c(OC)cc(OC)c4C2=O)[C@H](C)C3)cc1. The number of fused-ring (bicyclic) bond motifs is 2. The Morgan fingerprint density at radius 3 is 2.27 bits per heavy atom. The lowest BCUT2D eigenvalue weighted by Gasteiger charge is -2.35. The van der Waals surface area contributed by atoms with Crippen LogP contribution >= 0.6 is 11.6 Å². The Morgan fingerprint density at radius 1 is 0.958 bits per heavy atom. The molecule has 1 aliphatic carbocycles. The van der Waals surface area contributed by atoms with E-state index in [2.05, 4.69) is 5.32 Å². The van der Waals surface area contributed by atoms with Crippen LogP contribution in [0.2, 0.25) is 5.02 Å². The number of halogens is 1. The fourth-order valence-corrected chi connectivity index (χ4v) is 6.60. The predicted molar refractivity (Wildman–Crippen MR) is 173 cm³/mol. The van der Waals surface area contributed by atoms with Gasteiger partial charge in [0.15, 0.2) is 5.75 Å². The number of aromatic nitrogens is 2. The number of ketones is 2. The van der Waals surface area contributed by atoms with Gasteiger partial charge in [-0.1, -0.05) is 18.5 Å². The molecule has 4 aromatic rings. The Kier molecular flexibility index (Phi) is 8.20. The number of hydrogen-bond donors (Lipinski definition) is 1. The molecule has 1 aliphatic heterocycles. The standard InChI is InChI=1S/C34H32ClN3O10/c1-16-11-22-26(31(41)34(16)32(42)27-21(45-5)14-23(46-6)28(35)30(27)48-34)20(29(47-22)17-7-9-19(44-4)10-8-17)13-24(39)36-15-18-12-25(40)38(3)33(43)37(18)2/h7-10,12,14,16H,11,13,15H2,1-6H3,(H,36,39)/t16-,34+/m1/s1. The fourth-order valence-electron chi connectivity index (χ4n) is 6.34. The minimum Gasteiger partial charge on any atom is -0.497 e. The highest BCUT2D eigenvalue weighted by Gasteiger charge is 2.63. The van der Waals surface area contributed by atoms with Crippen LogP contribution < -0.4 is 35.5 Å². The van der Waals surface area contributed by atoms with E-state index in [1.165, 1.54) is 52.1 Å². The summed E-state index contributed by atoms with van der Waals surface area (Å²) in [5.41, 5.74) is -1.92.